The molecular weight excluding hydrogens is 388 g/mol. The number of aliphatic hydroxyl groups excluding tert-OH is 1. The second kappa shape index (κ2) is 9.11. The quantitative estimate of drug-likeness (QED) is 0.654. The van der Waals surface area contributed by atoms with Crippen molar-refractivity contribution in [1.82, 2.24) is 20.0 Å². The number of carbonyl (C=O) groups excluding carboxylic acids is 3. The zero-order chi connectivity index (χ0) is 21.1. The zero-order valence-corrected chi connectivity index (χ0v) is 16.9. The van der Waals surface area contributed by atoms with Crippen molar-refractivity contribution < 1.29 is 24.2 Å². The van der Waals surface area contributed by atoms with E-state index < -0.39 is 6.03 Å². The summed E-state index contributed by atoms with van der Waals surface area (Å²) in [6.07, 6.45) is 0.985. The van der Waals surface area contributed by atoms with Crippen LogP contribution in [0.15, 0.2) is 30.3 Å². The van der Waals surface area contributed by atoms with E-state index in [1.54, 1.807) is 4.90 Å². The summed E-state index contributed by atoms with van der Waals surface area (Å²) in [5.41, 5.74) is 0.963. The molecule has 0 radical (unpaired) electrons. The molecule has 162 valence electrons. The molecular formula is C21H28N4O5. The third-order valence-corrected chi connectivity index (χ3v) is 6.04. The van der Waals surface area contributed by atoms with Crippen molar-refractivity contribution in [3.63, 3.8) is 0 Å². The Bertz CT molecular complexity index is 765. The van der Waals surface area contributed by atoms with Gasteiger partial charge in [-0.1, -0.05) is 30.3 Å². The maximum atomic E-state index is 13.2. The molecule has 9 nitrogen and oxygen atoms in total. The molecule has 2 atom stereocenters. The Morgan fingerprint density at radius 1 is 1.13 bits per heavy atom. The summed E-state index contributed by atoms with van der Waals surface area (Å²) in [6.45, 7) is 2.70. The molecule has 1 aromatic rings. The molecule has 2 N–H and O–H groups in total. The third-order valence-electron chi connectivity index (χ3n) is 6.04. The Hall–Kier alpha value is -2.49. The molecule has 9 heteroatoms. The first kappa shape index (κ1) is 20.8. The van der Waals surface area contributed by atoms with Gasteiger partial charge in [-0.15, -0.1) is 0 Å². The number of morpholine rings is 1. The lowest BCUT2D eigenvalue weighted by molar-refractivity contribution is -0.151. The van der Waals surface area contributed by atoms with E-state index >= 15 is 0 Å². The molecule has 0 saturated carbocycles. The fraction of sp³-hybridized carbons (Fsp3) is 0.571. The minimum atomic E-state index is -0.527. The van der Waals surface area contributed by atoms with Gasteiger partial charge in [-0.2, -0.15) is 0 Å². The second-order valence-corrected chi connectivity index (χ2v) is 8.02. The van der Waals surface area contributed by atoms with Crippen molar-refractivity contribution in [2.45, 2.75) is 31.1 Å². The summed E-state index contributed by atoms with van der Waals surface area (Å²) in [7, 11) is 0. The lowest BCUT2D eigenvalue weighted by Crippen LogP contribution is -2.54. The largest absolute Gasteiger partial charge is 0.393 e. The third kappa shape index (κ3) is 4.48. The normalized spacial score (nSPS) is 26.2. The van der Waals surface area contributed by atoms with Crippen molar-refractivity contribution in [1.29, 1.82) is 0 Å². The average Bonchev–Trinajstić information content (AvgIpc) is 3.08. The Kier molecular flexibility index (Phi) is 6.31. The fourth-order valence-electron chi connectivity index (χ4n) is 4.41. The molecule has 30 heavy (non-hydrogen) atoms. The number of hydrogen-bond donors (Lipinski definition) is 2. The number of likely N-dealkylation sites (tertiary alicyclic amines) is 1. The van der Waals surface area contributed by atoms with E-state index in [1.165, 1.54) is 0 Å². The molecule has 3 saturated heterocycles. The van der Waals surface area contributed by atoms with Gasteiger partial charge >= 0.3 is 6.03 Å². The van der Waals surface area contributed by atoms with E-state index in [4.69, 9.17) is 4.74 Å². The number of benzene rings is 1. The van der Waals surface area contributed by atoms with Crippen LogP contribution >= 0.6 is 0 Å². The van der Waals surface area contributed by atoms with Gasteiger partial charge in [0.2, 0.25) is 5.91 Å². The van der Waals surface area contributed by atoms with E-state index in [1.807, 2.05) is 30.3 Å². The number of nitrogens with one attached hydrogen (secondary N) is 1. The smallest absolute Gasteiger partial charge is 0.325 e. The first-order valence-corrected chi connectivity index (χ1v) is 10.5. The number of amides is 4. The number of urea groups is 1. The topological polar surface area (TPSA) is 102 Å². The molecule has 3 heterocycles. The summed E-state index contributed by atoms with van der Waals surface area (Å²) in [5, 5.41) is 12.2. The maximum absolute atomic E-state index is 13.2. The van der Waals surface area contributed by atoms with Crippen LogP contribution in [0.4, 0.5) is 4.79 Å². The Balaban J connectivity index is 1.53. The van der Waals surface area contributed by atoms with Crippen LogP contribution in [0.3, 0.4) is 0 Å². The van der Waals surface area contributed by atoms with Crippen molar-refractivity contribution >= 4 is 17.8 Å². The fourth-order valence-corrected chi connectivity index (χ4v) is 4.41. The summed E-state index contributed by atoms with van der Waals surface area (Å²) < 4.78 is 6.11. The highest BCUT2D eigenvalue weighted by atomic mass is 16.5. The summed E-state index contributed by atoms with van der Waals surface area (Å²) >= 11 is 0. The standard InChI is InChI=1S/C21H28N4O5/c26-16-6-8-23(9-7-16)13-17-20(15-4-2-1-3-5-15)24(10-11-30-17)19(28)14-25-18(27)12-22-21(25)29/h1-5,16-17,20,26H,6-14H2,(H,22,29)/t17-,20-/m0/s1. The van der Waals surface area contributed by atoms with E-state index in [2.05, 4.69) is 10.2 Å². The van der Waals surface area contributed by atoms with Gasteiger partial charge in [-0.3, -0.25) is 14.5 Å². The predicted molar refractivity (Wildman–Crippen MR) is 107 cm³/mol. The van der Waals surface area contributed by atoms with Crippen LogP contribution in [0.2, 0.25) is 0 Å². The molecule has 3 aliphatic heterocycles. The van der Waals surface area contributed by atoms with Crippen LogP contribution in [0.1, 0.15) is 24.4 Å². The Labute approximate surface area is 175 Å². The molecule has 3 aliphatic rings. The van der Waals surface area contributed by atoms with Crippen LogP contribution < -0.4 is 5.32 Å². The van der Waals surface area contributed by atoms with E-state index in [0.29, 0.717) is 19.7 Å². The molecule has 1 aromatic carbocycles. The molecule has 0 aliphatic carbocycles. The number of carbonyl (C=O) groups is 3. The number of imide groups is 1. The van der Waals surface area contributed by atoms with Gasteiger partial charge in [0.15, 0.2) is 0 Å². The highest BCUT2D eigenvalue weighted by Gasteiger charge is 2.40. The number of rotatable bonds is 5. The van der Waals surface area contributed by atoms with Crippen LogP contribution in [0.5, 0.6) is 0 Å². The van der Waals surface area contributed by atoms with Crippen LogP contribution in [0.25, 0.3) is 0 Å². The number of hydrogen-bond acceptors (Lipinski definition) is 6. The summed E-state index contributed by atoms with van der Waals surface area (Å²) in [5.74, 6) is -0.655. The second-order valence-electron chi connectivity index (χ2n) is 8.02. The lowest BCUT2D eigenvalue weighted by atomic mass is 9.96. The number of nitrogens with zero attached hydrogens (tertiary/aromatic N) is 3. The molecule has 4 rings (SSSR count). The van der Waals surface area contributed by atoms with Gasteiger partial charge in [0.05, 0.1) is 31.4 Å². The maximum Gasteiger partial charge on any atom is 0.325 e. The monoisotopic (exact) mass is 416 g/mol. The Morgan fingerprint density at radius 3 is 2.53 bits per heavy atom. The van der Waals surface area contributed by atoms with Gasteiger partial charge in [0, 0.05) is 26.2 Å². The molecule has 4 amide bonds. The van der Waals surface area contributed by atoms with E-state index in [9.17, 15) is 19.5 Å². The first-order valence-electron chi connectivity index (χ1n) is 10.5. The number of aliphatic hydroxyl groups is 1. The van der Waals surface area contributed by atoms with E-state index in [0.717, 1.165) is 36.4 Å². The molecule has 0 aromatic heterocycles. The average molecular weight is 416 g/mol. The van der Waals surface area contributed by atoms with Crippen molar-refractivity contribution in [3.05, 3.63) is 35.9 Å². The summed E-state index contributed by atoms with van der Waals surface area (Å²) in [4.78, 5) is 41.9. The highest BCUT2D eigenvalue weighted by molar-refractivity contribution is 6.04. The molecule has 3 fully saturated rings. The zero-order valence-electron chi connectivity index (χ0n) is 16.9. The number of piperidine rings is 1. The SMILES string of the molecule is O=C1CNC(=O)N1CC(=O)N1CCO[C@@H](CN2CCC(O)CC2)[C@@H]1c1ccccc1. The molecule has 0 bridgehead atoms. The van der Waals surface area contributed by atoms with Crippen LogP contribution in [0, 0.1) is 0 Å². The van der Waals surface area contributed by atoms with Gasteiger partial charge < -0.3 is 25.0 Å². The highest BCUT2D eigenvalue weighted by Crippen LogP contribution is 2.31. The predicted octanol–water partition coefficient (Wildman–Crippen LogP) is -0.0364. The van der Waals surface area contributed by atoms with Gasteiger partial charge in [-0.05, 0) is 18.4 Å². The van der Waals surface area contributed by atoms with Gasteiger partial charge in [0.25, 0.3) is 5.91 Å². The number of ether oxygens (including phenoxy) is 1. The van der Waals surface area contributed by atoms with Crippen LogP contribution in [-0.4, -0.2) is 95.7 Å². The molecule has 0 spiro atoms. The summed E-state index contributed by atoms with van der Waals surface area (Å²) in [6, 6.07) is 8.90. The minimum Gasteiger partial charge on any atom is -0.393 e. The minimum absolute atomic E-state index is 0.0687. The Morgan fingerprint density at radius 2 is 1.87 bits per heavy atom. The van der Waals surface area contributed by atoms with Crippen molar-refractivity contribution in [2.24, 2.45) is 0 Å². The van der Waals surface area contributed by atoms with Crippen molar-refractivity contribution in [2.75, 3.05) is 45.9 Å². The van der Waals surface area contributed by atoms with Gasteiger partial charge in [-0.25, -0.2) is 4.79 Å². The van der Waals surface area contributed by atoms with Gasteiger partial charge in [0.1, 0.15) is 6.54 Å². The first-order chi connectivity index (χ1) is 14.5. The van der Waals surface area contributed by atoms with Crippen molar-refractivity contribution in [3.8, 4) is 0 Å². The van der Waals surface area contributed by atoms with Crippen LogP contribution in [-0.2, 0) is 14.3 Å². The van der Waals surface area contributed by atoms with E-state index in [-0.39, 0.29) is 43.2 Å². The molecule has 0 unspecified atom stereocenters. The lowest BCUT2D eigenvalue weighted by Gasteiger charge is -2.44.